The Morgan fingerprint density at radius 3 is 2.80 bits per heavy atom. The number of aliphatic hydroxyl groups excluding tert-OH is 1. The van der Waals surface area contributed by atoms with E-state index in [1.807, 2.05) is 6.20 Å². The summed E-state index contributed by atoms with van der Waals surface area (Å²) in [6.45, 7) is 2.47. The Labute approximate surface area is 120 Å². The molecule has 1 aromatic rings. The fourth-order valence-corrected chi connectivity index (χ4v) is 3.73. The topological polar surface area (TPSA) is 66.2 Å². The van der Waals surface area contributed by atoms with Crippen LogP contribution < -0.4 is 5.32 Å². The van der Waals surface area contributed by atoms with Crippen LogP contribution >= 0.6 is 0 Å². The van der Waals surface area contributed by atoms with E-state index in [1.165, 1.54) is 25.7 Å². The number of aliphatic hydroxyl groups is 1. The molecule has 0 aliphatic carbocycles. The Kier molecular flexibility index (Phi) is 4.33. The van der Waals surface area contributed by atoms with E-state index < -0.39 is 0 Å². The van der Waals surface area contributed by atoms with Crippen LogP contribution in [0.15, 0.2) is 6.20 Å². The molecule has 2 N–H and O–H groups in total. The fourth-order valence-electron chi connectivity index (χ4n) is 3.73. The highest BCUT2D eigenvalue weighted by Crippen LogP contribution is 2.36. The summed E-state index contributed by atoms with van der Waals surface area (Å²) in [7, 11) is 2.28. The minimum absolute atomic E-state index is 0.106. The lowest BCUT2D eigenvalue weighted by Crippen LogP contribution is -2.42. The minimum atomic E-state index is 0.106. The number of piperidine rings is 1. The Morgan fingerprint density at radius 1 is 1.35 bits per heavy atom. The summed E-state index contributed by atoms with van der Waals surface area (Å²) in [4.78, 5) is 2.58. The van der Waals surface area contributed by atoms with Gasteiger partial charge in [-0.05, 0) is 45.2 Å². The molecule has 2 unspecified atom stereocenters. The molecule has 1 aromatic heterocycles. The lowest BCUT2D eigenvalue weighted by molar-refractivity contribution is 0.133. The molecular weight excluding hydrogens is 254 g/mol. The Hall–Kier alpha value is -0.980. The molecule has 6 heteroatoms. The van der Waals surface area contributed by atoms with Crippen molar-refractivity contribution in [2.75, 3.05) is 20.2 Å². The summed E-state index contributed by atoms with van der Waals surface area (Å²) in [6, 6.07) is 1.62. The maximum Gasteiger partial charge on any atom is 0.0964 e. The first kappa shape index (κ1) is 14.0. The lowest BCUT2D eigenvalue weighted by atomic mass is 9.91. The van der Waals surface area contributed by atoms with Crippen molar-refractivity contribution in [3.05, 3.63) is 11.9 Å². The minimum Gasteiger partial charge on any atom is -0.394 e. The molecule has 6 nitrogen and oxygen atoms in total. The first-order valence-electron chi connectivity index (χ1n) is 7.68. The molecule has 112 valence electrons. The molecule has 0 aromatic carbocycles. The second-order valence-corrected chi connectivity index (χ2v) is 6.22. The van der Waals surface area contributed by atoms with Gasteiger partial charge in [-0.3, -0.25) is 0 Å². The van der Waals surface area contributed by atoms with Gasteiger partial charge in [0.1, 0.15) is 0 Å². The zero-order valence-electron chi connectivity index (χ0n) is 12.2. The fraction of sp³-hybridized carbons (Fsp3) is 0.857. The van der Waals surface area contributed by atoms with Crippen LogP contribution in [0, 0.1) is 5.92 Å². The monoisotopic (exact) mass is 279 g/mol. The summed E-state index contributed by atoms with van der Waals surface area (Å²) in [5, 5.41) is 20.4. The summed E-state index contributed by atoms with van der Waals surface area (Å²) in [5.41, 5.74) is 0.953. The second-order valence-electron chi connectivity index (χ2n) is 6.22. The third-order valence-corrected chi connectivity index (χ3v) is 4.85. The molecule has 0 amide bonds. The van der Waals surface area contributed by atoms with Crippen LogP contribution in [0.2, 0.25) is 0 Å². The van der Waals surface area contributed by atoms with Crippen molar-refractivity contribution in [1.29, 1.82) is 0 Å². The molecule has 0 spiro atoms. The Morgan fingerprint density at radius 2 is 2.10 bits per heavy atom. The van der Waals surface area contributed by atoms with Gasteiger partial charge in [0, 0.05) is 24.8 Å². The second kappa shape index (κ2) is 6.20. The van der Waals surface area contributed by atoms with Gasteiger partial charge >= 0.3 is 0 Å². The number of nitrogens with zero attached hydrogens (tertiary/aromatic N) is 4. The molecule has 20 heavy (non-hydrogen) atoms. The van der Waals surface area contributed by atoms with Crippen LogP contribution in [0.25, 0.3) is 0 Å². The van der Waals surface area contributed by atoms with Gasteiger partial charge in [-0.25, -0.2) is 4.68 Å². The summed E-state index contributed by atoms with van der Waals surface area (Å²) in [6.07, 6.45) is 7.33. The van der Waals surface area contributed by atoms with Crippen molar-refractivity contribution in [3.8, 4) is 0 Å². The first-order valence-corrected chi connectivity index (χ1v) is 7.68. The average molecular weight is 279 g/mol. The van der Waals surface area contributed by atoms with Gasteiger partial charge in [-0.2, -0.15) is 0 Å². The predicted molar refractivity (Wildman–Crippen MR) is 76.1 cm³/mol. The number of hydrogen-bond acceptors (Lipinski definition) is 5. The van der Waals surface area contributed by atoms with E-state index in [1.54, 1.807) is 4.68 Å². The molecule has 0 radical (unpaired) electrons. The molecule has 2 fully saturated rings. The van der Waals surface area contributed by atoms with E-state index in [-0.39, 0.29) is 6.61 Å². The van der Waals surface area contributed by atoms with E-state index in [0.29, 0.717) is 6.54 Å². The van der Waals surface area contributed by atoms with Gasteiger partial charge in [0.15, 0.2) is 0 Å². The largest absolute Gasteiger partial charge is 0.394 e. The average Bonchev–Trinajstić information content (AvgIpc) is 2.93. The van der Waals surface area contributed by atoms with E-state index in [4.69, 9.17) is 5.11 Å². The molecule has 2 aliphatic heterocycles. The zero-order chi connectivity index (χ0) is 13.9. The molecule has 2 saturated heterocycles. The Bertz CT molecular complexity index is 421. The first-order chi connectivity index (χ1) is 9.76. The van der Waals surface area contributed by atoms with E-state index in [2.05, 4.69) is 27.6 Å². The van der Waals surface area contributed by atoms with Crippen LogP contribution in [-0.4, -0.2) is 57.3 Å². The smallest absolute Gasteiger partial charge is 0.0964 e. The molecule has 2 atom stereocenters. The van der Waals surface area contributed by atoms with Crippen LogP contribution in [0.1, 0.15) is 31.4 Å². The lowest BCUT2D eigenvalue weighted by Gasteiger charge is -2.36. The highest BCUT2D eigenvalue weighted by molar-refractivity contribution is 4.95. The predicted octanol–water partition coefficient (Wildman–Crippen LogP) is 0.233. The maximum atomic E-state index is 8.84. The van der Waals surface area contributed by atoms with Gasteiger partial charge in [0.2, 0.25) is 0 Å². The molecular formula is C14H25N5O. The molecule has 2 aliphatic rings. The molecule has 0 saturated carbocycles. The maximum absolute atomic E-state index is 8.84. The third-order valence-electron chi connectivity index (χ3n) is 4.85. The van der Waals surface area contributed by atoms with E-state index in [9.17, 15) is 0 Å². The number of rotatable bonds is 6. The molecule has 3 heterocycles. The van der Waals surface area contributed by atoms with Crippen LogP contribution in [0.5, 0.6) is 0 Å². The Balaban J connectivity index is 1.41. The van der Waals surface area contributed by atoms with Crippen LogP contribution in [-0.2, 0) is 13.1 Å². The van der Waals surface area contributed by atoms with E-state index >= 15 is 0 Å². The normalized spacial score (nSPS) is 30.0. The molecule has 3 rings (SSSR count). The van der Waals surface area contributed by atoms with Crippen LogP contribution in [0.4, 0.5) is 0 Å². The van der Waals surface area contributed by atoms with Crippen molar-refractivity contribution < 1.29 is 5.11 Å². The number of aromatic nitrogens is 3. The van der Waals surface area contributed by atoms with Gasteiger partial charge in [0.05, 0.1) is 18.8 Å². The van der Waals surface area contributed by atoms with Crippen molar-refractivity contribution in [2.45, 2.75) is 50.9 Å². The SMILES string of the molecule is CN1C2CCC1CC(CNCc1cn(CCO)nn1)C2. The highest BCUT2D eigenvalue weighted by Gasteiger charge is 2.37. The van der Waals surface area contributed by atoms with E-state index in [0.717, 1.165) is 36.8 Å². The van der Waals surface area contributed by atoms with Gasteiger partial charge in [-0.15, -0.1) is 5.10 Å². The van der Waals surface area contributed by atoms with Gasteiger partial charge in [0.25, 0.3) is 0 Å². The standard InChI is InChI=1S/C14H25N5O/c1-18-13-2-3-14(18)7-11(6-13)8-15-9-12-10-19(4-5-20)17-16-12/h10-11,13-15,20H,2-9H2,1H3. The quantitative estimate of drug-likeness (QED) is 0.780. The van der Waals surface area contributed by atoms with Crippen molar-refractivity contribution >= 4 is 0 Å². The van der Waals surface area contributed by atoms with Crippen molar-refractivity contribution in [2.24, 2.45) is 5.92 Å². The van der Waals surface area contributed by atoms with Gasteiger partial charge in [-0.1, -0.05) is 5.21 Å². The van der Waals surface area contributed by atoms with Crippen molar-refractivity contribution in [1.82, 2.24) is 25.2 Å². The van der Waals surface area contributed by atoms with Gasteiger partial charge < -0.3 is 15.3 Å². The number of fused-ring (bicyclic) bond motifs is 2. The summed E-state index contributed by atoms with van der Waals surface area (Å²) in [5.74, 6) is 0.802. The highest BCUT2D eigenvalue weighted by atomic mass is 16.3. The summed E-state index contributed by atoms with van der Waals surface area (Å²) < 4.78 is 1.69. The summed E-state index contributed by atoms with van der Waals surface area (Å²) >= 11 is 0. The number of hydrogen-bond donors (Lipinski definition) is 2. The van der Waals surface area contributed by atoms with Crippen molar-refractivity contribution in [3.63, 3.8) is 0 Å². The third kappa shape index (κ3) is 3.02. The van der Waals surface area contributed by atoms with Crippen LogP contribution in [0.3, 0.4) is 0 Å². The molecule has 2 bridgehead atoms. The zero-order valence-corrected chi connectivity index (χ0v) is 12.2. The number of nitrogens with one attached hydrogen (secondary N) is 1.